The molecule has 0 fully saturated rings. The van der Waals surface area contributed by atoms with Crippen molar-refractivity contribution in [3.63, 3.8) is 0 Å². The topological polar surface area (TPSA) is 55.8 Å². The molecule has 0 amide bonds. The fourth-order valence-corrected chi connectivity index (χ4v) is 4.09. The predicted molar refractivity (Wildman–Crippen MR) is 123 cm³/mol. The largest absolute Gasteiger partial charge is 0.496 e. The minimum atomic E-state index is -0.965. The Labute approximate surface area is 182 Å². The summed E-state index contributed by atoms with van der Waals surface area (Å²) in [6.45, 7) is 2.15. The van der Waals surface area contributed by atoms with Gasteiger partial charge in [-0.2, -0.15) is 0 Å². The third-order valence-electron chi connectivity index (χ3n) is 5.59. The molecule has 1 N–H and O–H groups in total. The maximum Gasteiger partial charge on any atom is 0.328 e. The van der Waals surface area contributed by atoms with Crippen molar-refractivity contribution in [3.8, 4) is 0 Å². The van der Waals surface area contributed by atoms with Crippen molar-refractivity contribution in [2.45, 2.75) is 18.9 Å². The van der Waals surface area contributed by atoms with E-state index in [0.717, 1.165) is 46.1 Å². The van der Waals surface area contributed by atoms with Crippen molar-refractivity contribution in [1.82, 2.24) is 0 Å². The van der Waals surface area contributed by atoms with E-state index in [2.05, 4.69) is 19.1 Å². The van der Waals surface area contributed by atoms with Crippen molar-refractivity contribution in [2.24, 2.45) is 0 Å². The standard InChI is InChI=1S/C27H24O4/c1-3-22(20-8-5-4-6-9-20)26(21-14-11-19(12-15-21)13-16-25(28)29)23-18-31-27(23)17-7-10-24(27)30-2/h4-18H,3H2,1-2H3,(H,28,29)/b16-13+,26-22+. The van der Waals surface area contributed by atoms with Crippen LogP contribution in [0.4, 0.5) is 0 Å². The summed E-state index contributed by atoms with van der Waals surface area (Å²) < 4.78 is 11.6. The summed E-state index contributed by atoms with van der Waals surface area (Å²) in [7, 11) is 1.66. The van der Waals surface area contributed by atoms with Gasteiger partial charge in [0.25, 0.3) is 0 Å². The van der Waals surface area contributed by atoms with Crippen LogP contribution in [0.15, 0.2) is 96.5 Å². The van der Waals surface area contributed by atoms with Crippen LogP contribution < -0.4 is 0 Å². The number of ether oxygens (including phenoxy) is 2. The number of hydrogen-bond donors (Lipinski definition) is 1. The first-order valence-corrected chi connectivity index (χ1v) is 10.2. The van der Waals surface area contributed by atoms with Crippen LogP contribution in [-0.4, -0.2) is 23.8 Å². The van der Waals surface area contributed by atoms with E-state index in [9.17, 15) is 4.79 Å². The van der Waals surface area contributed by atoms with Crippen LogP contribution in [0.5, 0.6) is 0 Å². The molecule has 0 saturated heterocycles. The van der Waals surface area contributed by atoms with Crippen molar-refractivity contribution in [2.75, 3.05) is 7.11 Å². The number of carbonyl (C=O) groups is 1. The Kier molecular flexibility index (Phi) is 5.63. The van der Waals surface area contributed by atoms with Gasteiger partial charge in [0.15, 0.2) is 0 Å². The molecule has 0 bridgehead atoms. The third kappa shape index (κ3) is 3.73. The van der Waals surface area contributed by atoms with Gasteiger partial charge in [-0.3, -0.25) is 0 Å². The first-order chi connectivity index (χ1) is 15.1. The normalized spacial score (nSPS) is 20.1. The summed E-state index contributed by atoms with van der Waals surface area (Å²) in [6, 6.07) is 18.2. The maximum absolute atomic E-state index is 10.8. The molecule has 2 aromatic carbocycles. The van der Waals surface area contributed by atoms with E-state index in [1.165, 1.54) is 5.57 Å². The van der Waals surface area contributed by atoms with Crippen LogP contribution in [0.1, 0.15) is 30.0 Å². The van der Waals surface area contributed by atoms with Crippen LogP contribution in [-0.2, 0) is 14.3 Å². The minimum Gasteiger partial charge on any atom is -0.496 e. The average Bonchev–Trinajstić information content (AvgIpc) is 3.24. The van der Waals surface area contributed by atoms with Gasteiger partial charge in [0.2, 0.25) is 5.60 Å². The molecular weight excluding hydrogens is 388 g/mol. The number of carboxylic acids is 1. The zero-order valence-electron chi connectivity index (χ0n) is 17.5. The molecule has 4 heteroatoms. The van der Waals surface area contributed by atoms with E-state index < -0.39 is 11.6 Å². The smallest absolute Gasteiger partial charge is 0.328 e. The van der Waals surface area contributed by atoms with Gasteiger partial charge in [0, 0.05) is 11.6 Å². The predicted octanol–water partition coefficient (Wildman–Crippen LogP) is 5.86. The van der Waals surface area contributed by atoms with Crippen molar-refractivity contribution in [3.05, 3.63) is 113 Å². The van der Waals surface area contributed by atoms with E-state index in [-0.39, 0.29) is 0 Å². The highest BCUT2D eigenvalue weighted by Gasteiger charge is 2.49. The van der Waals surface area contributed by atoms with Crippen LogP contribution >= 0.6 is 0 Å². The number of allylic oxidation sites excluding steroid dienone is 3. The summed E-state index contributed by atoms with van der Waals surface area (Å²) >= 11 is 0. The Morgan fingerprint density at radius 2 is 1.84 bits per heavy atom. The molecule has 0 radical (unpaired) electrons. The quantitative estimate of drug-likeness (QED) is 0.457. The molecule has 4 rings (SSSR count). The number of methoxy groups -OCH3 is 1. The second kappa shape index (κ2) is 8.52. The summed E-state index contributed by atoms with van der Waals surface area (Å²) in [5.41, 5.74) is 5.67. The summed E-state index contributed by atoms with van der Waals surface area (Å²) in [5, 5.41) is 8.89. The van der Waals surface area contributed by atoms with Crippen molar-refractivity contribution < 1.29 is 19.4 Å². The fourth-order valence-electron chi connectivity index (χ4n) is 4.09. The van der Waals surface area contributed by atoms with Crippen molar-refractivity contribution >= 4 is 23.2 Å². The highest BCUT2D eigenvalue weighted by Crippen LogP contribution is 2.51. The summed E-state index contributed by atoms with van der Waals surface area (Å²) in [4.78, 5) is 10.8. The Hall–Kier alpha value is -3.79. The number of carboxylic acid groups (broad SMARTS) is 1. The summed E-state index contributed by atoms with van der Waals surface area (Å²) in [6.07, 6.45) is 11.3. The minimum absolute atomic E-state index is 0.707. The van der Waals surface area contributed by atoms with Gasteiger partial charge in [-0.25, -0.2) is 4.79 Å². The number of benzene rings is 2. The van der Waals surface area contributed by atoms with Gasteiger partial charge in [-0.05, 0) is 52.5 Å². The third-order valence-corrected chi connectivity index (χ3v) is 5.59. The molecule has 0 aromatic heterocycles. The van der Waals surface area contributed by atoms with Crippen molar-refractivity contribution in [1.29, 1.82) is 0 Å². The number of aliphatic carboxylic acids is 1. The Morgan fingerprint density at radius 3 is 2.42 bits per heavy atom. The molecule has 2 aromatic rings. The SMILES string of the molecule is CC/C(=C(\C1=COC12C=CC=C2OC)c1ccc(/C=C/C(=O)O)cc1)c1ccccc1. The molecule has 1 heterocycles. The molecule has 1 spiro atoms. The molecule has 1 aliphatic carbocycles. The van der Waals surface area contributed by atoms with Gasteiger partial charge in [0.1, 0.15) is 5.76 Å². The van der Waals surface area contributed by atoms with Gasteiger partial charge in [-0.1, -0.05) is 67.6 Å². The molecule has 0 saturated carbocycles. The second-order valence-electron chi connectivity index (χ2n) is 7.35. The lowest BCUT2D eigenvalue weighted by atomic mass is 9.78. The molecule has 4 nitrogen and oxygen atoms in total. The lowest BCUT2D eigenvalue weighted by Crippen LogP contribution is -2.40. The maximum atomic E-state index is 10.8. The van der Waals surface area contributed by atoms with Gasteiger partial charge < -0.3 is 14.6 Å². The van der Waals surface area contributed by atoms with Crippen LogP contribution in [0, 0.1) is 0 Å². The Morgan fingerprint density at radius 1 is 1.10 bits per heavy atom. The zero-order chi connectivity index (χ0) is 21.8. The van der Waals surface area contributed by atoms with Crippen LogP contribution in [0.3, 0.4) is 0 Å². The second-order valence-corrected chi connectivity index (χ2v) is 7.35. The molecule has 1 atom stereocenters. The highest BCUT2D eigenvalue weighted by atomic mass is 16.6. The summed E-state index contributed by atoms with van der Waals surface area (Å²) in [5.74, 6) is -0.209. The average molecular weight is 412 g/mol. The molecule has 2 aliphatic rings. The van der Waals surface area contributed by atoms with Crippen LogP contribution in [0.2, 0.25) is 0 Å². The van der Waals surface area contributed by atoms with E-state index in [0.29, 0.717) is 0 Å². The number of rotatable bonds is 7. The highest BCUT2D eigenvalue weighted by molar-refractivity contribution is 6.01. The molecular formula is C27H24O4. The lowest BCUT2D eigenvalue weighted by Gasteiger charge is -2.40. The first-order valence-electron chi connectivity index (χ1n) is 10.2. The zero-order valence-corrected chi connectivity index (χ0v) is 17.5. The van der Waals surface area contributed by atoms with Gasteiger partial charge in [0.05, 0.1) is 13.4 Å². The monoisotopic (exact) mass is 412 g/mol. The Balaban J connectivity index is 1.86. The molecule has 31 heavy (non-hydrogen) atoms. The van der Waals surface area contributed by atoms with E-state index in [4.69, 9.17) is 14.6 Å². The lowest BCUT2D eigenvalue weighted by molar-refractivity contribution is -0.131. The van der Waals surface area contributed by atoms with Gasteiger partial charge >= 0.3 is 5.97 Å². The number of hydrogen-bond acceptors (Lipinski definition) is 3. The van der Waals surface area contributed by atoms with Gasteiger partial charge in [-0.15, -0.1) is 0 Å². The molecule has 1 unspecified atom stereocenters. The first kappa shape index (κ1) is 20.5. The fraction of sp³-hybridized carbons (Fsp3) is 0.148. The molecule has 1 aliphatic heterocycles. The van der Waals surface area contributed by atoms with E-state index in [1.54, 1.807) is 19.4 Å². The Bertz CT molecular complexity index is 1130. The van der Waals surface area contributed by atoms with Crippen LogP contribution in [0.25, 0.3) is 17.2 Å². The molecule has 156 valence electrons. The van der Waals surface area contributed by atoms with E-state index in [1.807, 2.05) is 60.7 Å². The van der Waals surface area contributed by atoms with E-state index >= 15 is 0 Å².